The van der Waals surface area contributed by atoms with Crippen LogP contribution in [0.3, 0.4) is 0 Å². The molecule has 1 aromatic rings. The van der Waals surface area contributed by atoms with Crippen molar-refractivity contribution in [3.8, 4) is 0 Å². The summed E-state index contributed by atoms with van der Waals surface area (Å²) in [5.41, 5.74) is 0.584. The molecule has 0 heterocycles. The minimum Gasteiger partial charge on any atom is -0.282 e. The van der Waals surface area contributed by atoms with Crippen molar-refractivity contribution >= 4 is 31.6 Å². The second kappa shape index (κ2) is 4.79. The molecule has 0 fully saturated rings. The molecule has 0 radical (unpaired) electrons. The highest BCUT2D eigenvalue weighted by molar-refractivity contribution is 9.10. The minimum atomic E-state index is -3.19. The van der Waals surface area contributed by atoms with Crippen LogP contribution < -0.4 is 4.72 Å². The maximum Gasteiger partial charge on any atom is 0.232 e. The van der Waals surface area contributed by atoms with Crippen LogP contribution in [0.4, 0.5) is 5.69 Å². The Balaban J connectivity index is 2.84. The number of para-hydroxylation sites is 1. The molecule has 0 aliphatic carbocycles. The Morgan fingerprint density at radius 1 is 1.36 bits per heavy atom. The van der Waals surface area contributed by atoms with Gasteiger partial charge in [-0.2, -0.15) is 0 Å². The van der Waals surface area contributed by atoms with Crippen molar-refractivity contribution in [2.24, 2.45) is 0 Å². The number of rotatable bonds is 4. The number of benzene rings is 1. The topological polar surface area (TPSA) is 46.2 Å². The van der Waals surface area contributed by atoms with E-state index in [9.17, 15) is 8.42 Å². The lowest BCUT2D eigenvalue weighted by Crippen LogP contribution is -2.16. The van der Waals surface area contributed by atoms with Gasteiger partial charge in [0.2, 0.25) is 10.0 Å². The molecule has 0 bridgehead atoms. The molecule has 0 aromatic heterocycles. The van der Waals surface area contributed by atoms with Crippen LogP contribution in [-0.2, 0) is 10.0 Å². The Morgan fingerprint density at radius 3 is 2.57 bits per heavy atom. The molecule has 14 heavy (non-hydrogen) atoms. The predicted molar refractivity (Wildman–Crippen MR) is 61.8 cm³/mol. The van der Waals surface area contributed by atoms with Crippen LogP contribution in [0.1, 0.15) is 13.3 Å². The van der Waals surface area contributed by atoms with Gasteiger partial charge in [-0.3, -0.25) is 4.72 Å². The number of anilines is 1. The molecule has 0 aliphatic heterocycles. The van der Waals surface area contributed by atoms with Gasteiger partial charge in [0.25, 0.3) is 0 Å². The van der Waals surface area contributed by atoms with E-state index < -0.39 is 10.0 Å². The van der Waals surface area contributed by atoms with Crippen LogP contribution in [-0.4, -0.2) is 14.2 Å². The first kappa shape index (κ1) is 11.5. The van der Waals surface area contributed by atoms with Crippen LogP contribution in [0.2, 0.25) is 0 Å². The Morgan fingerprint density at radius 2 is 2.00 bits per heavy atom. The van der Waals surface area contributed by atoms with E-state index in [-0.39, 0.29) is 5.75 Å². The van der Waals surface area contributed by atoms with E-state index in [1.165, 1.54) is 0 Å². The summed E-state index contributed by atoms with van der Waals surface area (Å²) >= 11 is 3.27. The monoisotopic (exact) mass is 277 g/mol. The molecule has 0 spiro atoms. The van der Waals surface area contributed by atoms with Gasteiger partial charge in [0.15, 0.2) is 0 Å². The van der Waals surface area contributed by atoms with Crippen molar-refractivity contribution in [1.82, 2.24) is 0 Å². The molecular formula is C9H12BrNO2S. The zero-order chi connectivity index (χ0) is 10.6. The number of sulfonamides is 1. The first-order valence-corrected chi connectivity index (χ1v) is 6.74. The Bertz CT molecular complexity index is 403. The average molecular weight is 278 g/mol. The van der Waals surface area contributed by atoms with Gasteiger partial charge in [-0.25, -0.2) is 8.42 Å². The molecule has 1 rings (SSSR count). The highest BCUT2D eigenvalue weighted by Gasteiger charge is 2.09. The fourth-order valence-corrected chi connectivity index (χ4v) is 2.70. The number of hydrogen-bond acceptors (Lipinski definition) is 2. The number of nitrogens with one attached hydrogen (secondary N) is 1. The quantitative estimate of drug-likeness (QED) is 0.920. The summed E-state index contributed by atoms with van der Waals surface area (Å²) < 4.78 is 26.1. The Kier molecular flexibility index (Phi) is 3.95. The van der Waals surface area contributed by atoms with E-state index in [2.05, 4.69) is 20.7 Å². The third kappa shape index (κ3) is 3.31. The predicted octanol–water partition coefficient (Wildman–Crippen LogP) is 2.60. The van der Waals surface area contributed by atoms with Crippen molar-refractivity contribution in [3.63, 3.8) is 0 Å². The Hall–Kier alpha value is -0.550. The minimum absolute atomic E-state index is 0.147. The molecule has 1 aromatic carbocycles. The lowest BCUT2D eigenvalue weighted by atomic mass is 10.3. The zero-order valence-electron chi connectivity index (χ0n) is 7.83. The van der Waals surface area contributed by atoms with Gasteiger partial charge in [0.1, 0.15) is 0 Å². The van der Waals surface area contributed by atoms with E-state index in [4.69, 9.17) is 0 Å². The maximum atomic E-state index is 11.4. The average Bonchev–Trinajstić information content (AvgIpc) is 2.08. The summed E-state index contributed by atoms with van der Waals surface area (Å²) in [6.07, 6.45) is 0.611. The summed E-state index contributed by atoms with van der Waals surface area (Å²) in [6.45, 7) is 1.83. The third-order valence-corrected chi connectivity index (χ3v) is 3.78. The smallest absolute Gasteiger partial charge is 0.232 e. The van der Waals surface area contributed by atoms with Crippen molar-refractivity contribution in [2.45, 2.75) is 13.3 Å². The van der Waals surface area contributed by atoms with Crippen LogP contribution in [0.15, 0.2) is 28.7 Å². The van der Waals surface area contributed by atoms with E-state index in [0.717, 1.165) is 4.47 Å². The standard InChI is InChI=1S/C9H12BrNO2S/c1-2-7-14(12,13)11-9-6-4-3-5-8(9)10/h3-6,11H,2,7H2,1H3. The molecule has 0 atom stereocenters. The van der Waals surface area contributed by atoms with Crippen molar-refractivity contribution in [1.29, 1.82) is 0 Å². The molecule has 0 amide bonds. The highest BCUT2D eigenvalue weighted by atomic mass is 79.9. The summed E-state index contributed by atoms with van der Waals surface area (Å²) in [4.78, 5) is 0. The van der Waals surface area contributed by atoms with Crippen molar-refractivity contribution < 1.29 is 8.42 Å². The van der Waals surface area contributed by atoms with Crippen LogP contribution in [0, 0.1) is 0 Å². The first-order valence-electron chi connectivity index (χ1n) is 4.30. The molecular weight excluding hydrogens is 266 g/mol. The van der Waals surface area contributed by atoms with Crippen LogP contribution >= 0.6 is 15.9 Å². The fraction of sp³-hybridized carbons (Fsp3) is 0.333. The lowest BCUT2D eigenvalue weighted by molar-refractivity contribution is 0.600. The maximum absolute atomic E-state index is 11.4. The van der Waals surface area contributed by atoms with Gasteiger partial charge in [-0.05, 0) is 34.5 Å². The number of halogens is 1. The zero-order valence-corrected chi connectivity index (χ0v) is 10.2. The molecule has 78 valence electrons. The highest BCUT2D eigenvalue weighted by Crippen LogP contribution is 2.22. The van der Waals surface area contributed by atoms with E-state index >= 15 is 0 Å². The van der Waals surface area contributed by atoms with Crippen LogP contribution in [0.25, 0.3) is 0 Å². The SMILES string of the molecule is CCCS(=O)(=O)Nc1ccccc1Br. The van der Waals surface area contributed by atoms with Gasteiger partial charge in [0, 0.05) is 4.47 Å². The molecule has 5 heteroatoms. The Labute approximate surface area is 92.7 Å². The lowest BCUT2D eigenvalue weighted by Gasteiger charge is -2.07. The molecule has 0 saturated carbocycles. The van der Waals surface area contributed by atoms with Crippen LogP contribution in [0.5, 0.6) is 0 Å². The van der Waals surface area contributed by atoms with Crippen molar-refractivity contribution in [3.05, 3.63) is 28.7 Å². The van der Waals surface area contributed by atoms with Gasteiger partial charge >= 0.3 is 0 Å². The number of hydrogen-bond donors (Lipinski definition) is 1. The third-order valence-electron chi connectivity index (χ3n) is 1.61. The molecule has 0 unspecified atom stereocenters. The molecule has 0 aliphatic rings. The van der Waals surface area contributed by atoms with Gasteiger partial charge in [-0.1, -0.05) is 19.1 Å². The molecule has 0 saturated heterocycles. The summed E-state index contributed by atoms with van der Waals surface area (Å²) in [5.74, 6) is 0.147. The van der Waals surface area contributed by atoms with E-state index in [1.54, 1.807) is 18.2 Å². The van der Waals surface area contributed by atoms with Gasteiger partial charge in [0.05, 0.1) is 11.4 Å². The summed E-state index contributed by atoms with van der Waals surface area (Å²) in [7, 11) is -3.19. The van der Waals surface area contributed by atoms with Gasteiger partial charge in [-0.15, -0.1) is 0 Å². The van der Waals surface area contributed by atoms with Gasteiger partial charge < -0.3 is 0 Å². The second-order valence-corrected chi connectivity index (χ2v) is 5.60. The summed E-state index contributed by atoms with van der Waals surface area (Å²) in [6, 6.07) is 7.14. The summed E-state index contributed by atoms with van der Waals surface area (Å²) in [5, 5.41) is 0. The van der Waals surface area contributed by atoms with E-state index in [1.807, 2.05) is 13.0 Å². The molecule has 1 N–H and O–H groups in total. The van der Waals surface area contributed by atoms with Crippen molar-refractivity contribution in [2.75, 3.05) is 10.5 Å². The second-order valence-electron chi connectivity index (χ2n) is 2.90. The first-order chi connectivity index (χ1) is 6.55. The molecule has 3 nitrogen and oxygen atoms in total. The normalized spacial score (nSPS) is 11.3. The van der Waals surface area contributed by atoms with E-state index in [0.29, 0.717) is 12.1 Å². The fourth-order valence-electron chi connectivity index (χ4n) is 1.03. The largest absolute Gasteiger partial charge is 0.282 e.